The third-order valence-corrected chi connectivity index (χ3v) is 6.59. The second-order valence-electron chi connectivity index (χ2n) is 8.38. The standard InChI is InChI=1S/C27H19ClO/c1-27(2)23-6-4-3-5-19(23)20-10-7-16(13-24(20)27)17-8-11-21-22-12-9-18(28)15-26(22)29-25(21)14-17/h3-15H,1-2H3. The molecule has 0 fully saturated rings. The van der Waals surface area contributed by atoms with Gasteiger partial charge in [-0.3, -0.25) is 0 Å². The Hall–Kier alpha value is -3.03. The van der Waals surface area contributed by atoms with Crippen LogP contribution in [0.4, 0.5) is 0 Å². The zero-order chi connectivity index (χ0) is 19.8. The second kappa shape index (κ2) is 5.75. The summed E-state index contributed by atoms with van der Waals surface area (Å²) in [6.45, 7) is 4.63. The first-order valence-electron chi connectivity index (χ1n) is 9.89. The molecule has 29 heavy (non-hydrogen) atoms. The number of hydrogen-bond donors (Lipinski definition) is 0. The van der Waals surface area contributed by atoms with Crippen molar-refractivity contribution in [1.82, 2.24) is 0 Å². The lowest BCUT2D eigenvalue weighted by Crippen LogP contribution is -2.14. The average Bonchev–Trinajstić information content (AvgIpc) is 3.20. The third-order valence-electron chi connectivity index (χ3n) is 6.35. The minimum Gasteiger partial charge on any atom is -0.456 e. The maximum Gasteiger partial charge on any atom is 0.136 e. The fourth-order valence-corrected chi connectivity index (χ4v) is 4.98. The van der Waals surface area contributed by atoms with Crippen LogP contribution in [0.15, 0.2) is 83.3 Å². The summed E-state index contributed by atoms with van der Waals surface area (Å²) in [6.07, 6.45) is 0. The molecule has 0 bridgehead atoms. The number of halogens is 1. The minimum atomic E-state index is 0.00213. The van der Waals surface area contributed by atoms with E-state index in [0.29, 0.717) is 5.02 Å². The SMILES string of the molecule is CC1(C)c2ccccc2-c2ccc(-c3ccc4c(c3)oc3cc(Cl)ccc34)cc21. The molecule has 1 aromatic heterocycles. The molecular weight excluding hydrogens is 376 g/mol. The van der Waals surface area contributed by atoms with Crippen LogP contribution in [0.5, 0.6) is 0 Å². The van der Waals surface area contributed by atoms with Gasteiger partial charge >= 0.3 is 0 Å². The highest BCUT2D eigenvalue weighted by atomic mass is 35.5. The summed E-state index contributed by atoms with van der Waals surface area (Å²) in [6, 6.07) is 27.9. The van der Waals surface area contributed by atoms with E-state index in [1.54, 1.807) is 0 Å². The molecule has 4 aromatic carbocycles. The molecule has 0 N–H and O–H groups in total. The van der Waals surface area contributed by atoms with E-state index in [1.165, 1.54) is 27.8 Å². The predicted octanol–water partition coefficient (Wildman–Crippen LogP) is 8.21. The van der Waals surface area contributed by atoms with Crippen LogP contribution in [-0.4, -0.2) is 0 Å². The first kappa shape index (κ1) is 16.9. The molecule has 0 atom stereocenters. The van der Waals surface area contributed by atoms with E-state index < -0.39 is 0 Å². The number of fused-ring (bicyclic) bond motifs is 6. The van der Waals surface area contributed by atoms with E-state index in [2.05, 4.69) is 74.5 Å². The highest BCUT2D eigenvalue weighted by Crippen LogP contribution is 2.49. The topological polar surface area (TPSA) is 13.1 Å². The number of rotatable bonds is 1. The average molecular weight is 395 g/mol. The van der Waals surface area contributed by atoms with Gasteiger partial charge in [0.25, 0.3) is 0 Å². The van der Waals surface area contributed by atoms with Gasteiger partial charge in [0, 0.05) is 27.3 Å². The van der Waals surface area contributed by atoms with Gasteiger partial charge in [0.1, 0.15) is 11.2 Å². The maximum atomic E-state index is 6.13. The third kappa shape index (κ3) is 2.34. The van der Waals surface area contributed by atoms with Crippen molar-refractivity contribution in [2.45, 2.75) is 19.3 Å². The van der Waals surface area contributed by atoms with Crippen LogP contribution in [0.3, 0.4) is 0 Å². The Bertz CT molecular complexity index is 1440. The van der Waals surface area contributed by atoms with Crippen LogP contribution in [0.1, 0.15) is 25.0 Å². The Morgan fingerprint density at radius 1 is 0.655 bits per heavy atom. The molecule has 140 valence electrons. The molecule has 0 aliphatic heterocycles. The van der Waals surface area contributed by atoms with Gasteiger partial charge in [0.15, 0.2) is 0 Å². The molecule has 6 rings (SSSR count). The highest BCUT2D eigenvalue weighted by molar-refractivity contribution is 6.31. The minimum absolute atomic E-state index is 0.00213. The first-order valence-corrected chi connectivity index (χ1v) is 10.3. The lowest BCUT2D eigenvalue weighted by Gasteiger charge is -2.22. The van der Waals surface area contributed by atoms with Crippen LogP contribution in [-0.2, 0) is 5.41 Å². The van der Waals surface area contributed by atoms with Gasteiger partial charge in [0.05, 0.1) is 0 Å². The van der Waals surface area contributed by atoms with Crippen molar-refractivity contribution in [3.05, 3.63) is 95.0 Å². The maximum absolute atomic E-state index is 6.13. The Kier molecular flexibility index (Phi) is 3.34. The molecule has 5 aromatic rings. The summed E-state index contributed by atoms with van der Waals surface area (Å²) in [5.74, 6) is 0. The van der Waals surface area contributed by atoms with E-state index in [0.717, 1.165) is 27.5 Å². The predicted molar refractivity (Wildman–Crippen MR) is 122 cm³/mol. The molecule has 0 spiro atoms. The molecule has 0 saturated carbocycles. The Morgan fingerprint density at radius 2 is 1.31 bits per heavy atom. The van der Waals surface area contributed by atoms with Crippen LogP contribution in [0.2, 0.25) is 5.02 Å². The summed E-state index contributed by atoms with van der Waals surface area (Å²) < 4.78 is 6.10. The largest absolute Gasteiger partial charge is 0.456 e. The lowest BCUT2D eigenvalue weighted by molar-refractivity contribution is 0.660. The Labute approximate surface area is 174 Å². The Balaban J connectivity index is 1.52. The van der Waals surface area contributed by atoms with Gasteiger partial charge in [-0.2, -0.15) is 0 Å². The van der Waals surface area contributed by atoms with Crippen molar-refractivity contribution in [2.75, 3.05) is 0 Å². The van der Waals surface area contributed by atoms with Crippen molar-refractivity contribution < 1.29 is 4.42 Å². The molecule has 1 heterocycles. The molecule has 0 unspecified atom stereocenters. The van der Waals surface area contributed by atoms with Crippen LogP contribution in [0, 0.1) is 0 Å². The highest BCUT2D eigenvalue weighted by Gasteiger charge is 2.35. The Morgan fingerprint density at radius 3 is 2.17 bits per heavy atom. The summed E-state index contributed by atoms with van der Waals surface area (Å²) in [7, 11) is 0. The molecule has 1 aliphatic rings. The molecular formula is C27H19ClO. The van der Waals surface area contributed by atoms with Gasteiger partial charge < -0.3 is 4.42 Å². The smallest absolute Gasteiger partial charge is 0.136 e. The second-order valence-corrected chi connectivity index (χ2v) is 8.82. The fraction of sp³-hybridized carbons (Fsp3) is 0.111. The van der Waals surface area contributed by atoms with E-state index in [9.17, 15) is 0 Å². The molecule has 0 radical (unpaired) electrons. The zero-order valence-electron chi connectivity index (χ0n) is 16.3. The lowest BCUT2D eigenvalue weighted by atomic mass is 9.81. The van der Waals surface area contributed by atoms with Crippen LogP contribution >= 0.6 is 11.6 Å². The molecule has 2 heteroatoms. The summed E-state index contributed by atoms with van der Waals surface area (Å²) in [5, 5.41) is 2.91. The van der Waals surface area contributed by atoms with Crippen molar-refractivity contribution in [3.63, 3.8) is 0 Å². The van der Waals surface area contributed by atoms with Crippen molar-refractivity contribution in [1.29, 1.82) is 0 Å². The van der Waals surface area contributed by atoms with Crippen molar-refractivity contribution in [3.8, 4) is 22.3 Å². The van der Waals surface area contributed by atoms with E-state index in [4.69, 9.17) is 16.0 Å². The molecule has 1 nitrogen and oxygen atoms in total. The monoisotopic (exact) mass is 394 g/mol. The van der Waals surface area contributed by atoms with Crippen LogP contribution in [0.25, 0.3) is 44.2 Å². The van der Waals surface area contributed by atoms with Crippen molar-refractivity contribution in [2.24, 2.45) is 0 Å². The van der Waals surface area contributed by atoms with Gasteiger partial charge in [-0.05, 0) is 63.7 Å². The zero-order valence-corrected chi connectivity index (χ0v) is 17.0. The summed E-state index contributed by atoms with van der Waals surface area (Å²) in [5.41, 5.74) is 9.57. The van der Waals surface area contributed by atoms with Crippen molar-refractivity contribution >= 4 is 33.5 Å². The fourth-order valence-electron chi connectivity index (χ4n) is 4.81. The summed E-state index contributed by atoms with van der Waals surface area (Å²) >= 11 is 6.13. The molecule has 0 saturated heterocycles. The normalized spacial score (nSPS) is 14.3. The first-order chi connectivity index (χ1) is 14.0. The van der Waals surface area contributed by atoms with E-state index in [1.807, 2.05) is 18.2 Å². The number of benzene rings is 4. The number of furan rings is 1. The van der Waals surface area contributed by atoms with Gasteiger partial charge in [-0.25, -0.2) is 0 Å². The van der Waals surface area contributed by atoms with Crippen LogP contribution < -0.4 is 0 Å². The number of hydrogen-bond acceptors (Lipinski definition) is 1. The molecule has 0 amide bonds. The molecule has 1 aliphatic carbocycles. The van der Waals surface area contributed by atoms with Gasteiger partial charge in [-0.1, -0.05) is 67.9 Å². The quantitative estimate of drug-likeness (QED) is 0.279. The van der Waals surface area contributed by atoms with E-state index >= 15 is 0 Å². The summed E-state index contributed by atoms with van der Waals surface area (Å²) in [4.78, 5) is 0. The van der Waals surface area contributed by atoms with Gasteiger partial charge in [-0.15, -0.1) is 0 Å². The van der Waals surface area contributed by atoms with E-state index in [-0.39, 0.29) is 5.41 Å². The van der Waals surface area contributed by atoms with Gasteiger partial charge in [0.2, 0.25) is 0 Å².